The van der Waals surface area contributed by atoms with Gasteiger partial charge in [-0.25, -0.2) is 0 Å². The van der Waals surface area contributed by atoms with Crippen LogP contribution in [0.2, 0.25) is 0 Å². The normalized spacial score (nSPS) is 12.3. The van der Waals surface area contributed by atoms with Crippen molar-refractivity contribution in [3.63, 3.8) is 0 Å². The van der Waals surface area contributed by atoms with Crippen LogP contribution in [0.5, 0.6) is 5.75 Å². The highest BCUT2D eigenvalue weighted by molar-refractivity contribution is 5.97. The van der Waals surface area contributed by atoms with Crippen LogP contribution in [0.15, 0.2) is 18.3 Å². The third-order valence-corrected chi connectivity index (χ3v) is 3.32. The molecule has 2 aromatic rings. The highest BCUT2D eigenvalue weighted by Crippen LogP contribution is 2.36. The molecule has 8 heteroatoms. The van der Waals surface area contributed by atoms with Crippen LogP contribution in [0.3, 0.4) is 0 Å². The van der Waals surface area contributed by atoms with E-state index in [9.17, 15) is 14.9 Å². The molecule has 1 atom stereocenters. The summed E-state index contributed by atoms with van der Waals surface area (Å²) in [4.78, 5) is 21.6. The van der Waals surface area contributed by atoms with Crippen molar-refractivity contribution >= 4 is 22.6 Å². The monoisotopic (exact) mass is 293 g/mol. The van der Waals surface area contributed by atoms with Crippen molar-refractivity contribution in [2.24, 2.45) is 12.8 Å². The van der Waals surface area contributed by atoms with Gasteiger partial charge in [0, 0.05) is 25.7 Å². The second-order valence-corrected chi connectivity index (χ2v) is 4.68. The molecule has 1 unspecified atom stereocenters. The number of aryl methyl sites for hydroxylation is 1. The summed E-state index contributed by atoms with van der Waals surface area (Å²) in [6.07, 6.45) is 1.64. The third kappa shape index (κ3) is 2.52. The fourth-order valence-corrected chi connectivity index (χ4v) is 2.39. The lowest BCUT2D eigenvalue weighted by Crippen LogP contribution is -2.32. The molecule has 0 aliphatic carbocycles. The molecule has 1 heterocycles. The van der Waals surface area contributed by atoms with Crippen LogP contribution in [0, 0.1) is 10.1 Å². The minimum absolute atomic E-state index is 0.000676. The van der Waals surface area contributed by atoms with E-state index < -0.39 is 16.9 Å². The number of rotatable bonds is 5. The summed E-state index contributed by atoms with van der Waals surface area (Å²) >= 11 is 0. The van der Waals surface area contributed by atoms with Crippen LogP contribution in [-0.2, 0) is 18.3 Å². The van der Waals surface area contributed by atoms with Crippen LogP contribution in [0.1, 0.15) is 5.56 Å². The SMILES string of the molecule is COc1ccc([N+](=O)[O-])c2c(CC(N)C(=O)O)cn(C)c12. The summed E-state index contributed by atoms with van der Waals surface area (Å²) < 4.78 is 6.89. The third-order valence-electron chi connectivity index (χ3n) is 3.32. The first-order valence-corrected chi connectivity index (χ1v) is 6.14. The van der Waals surface area contributed by atoms with Crippen molar-refractivity contribution in [1.29, 1.82) is 0 Å². The van der Waals surface area contributed by atoms with Crippen molar-refractivity contribution in [1.82, 2.24) is 4.57 Å². The Morgan fingerprint density at radius 3 is 2.76 bits per heavy atom. The molecule has 1 aromatic heterocycles. The minimum atomic E-state index is -1.16. The summed E-state index contributed by atoms with van der Waals surface area (Å²) in [6.45, 7) is 0. The van der Waals surface area contributed by atoms with Gasteiger partial charge in [-0.1, -0.05) is 0 Å². The Morgan fingerprint density at radius 2 is 2.24 bits per heavy atom. The number of nitrogens with zero attached hydrogens (tertiary/aromatic N) is 2. The van der Waals surface area contributed by atoms with Crippen LogP contribution in [0.4, 0.5) is 5.69 Å². The molecule has 0 spiro atoms. The molecule has 1 aromatic carbocycles. The van der Waals surface area contributed by atoms with E-state index in [4.69, 9.17) is 15.6 Å². The van der Waals surface area contributed by atoms with Gasteiger partial charge in [-0.15, -0.1) is 0 Å². The maximum Gasteiger partial charge on any atom is 0.320 e. The minimum Gasteiger partial charge on any atom is -0.495 e. The molecule has 0 aliphatic rings. The first-order valence-electron chi connectivity index (χ1n) is 6.14. The largest absolute Gasteiger partial charge is 0.495 e. The number of nitro groups is 1. The molecule has 2 rings (SSSR count). The Balaban J connectivity index is 2.71. The van der Waals surface area contributed by atoms with Crippen molar-refractivity contribution in [3.8, 4) is 5.75 Å². The van der Waals surface area contributed by atoms with Crippen LogP contribution >= 0.6 is 0 Å². The van der Waals surface area contributed by atoms with E-state index in [0.29, 0.717) is 22.2 Å². The lowest BCUT2D eigenvalue weighted by Gasteiger charge is -2.07. The number of aromatic nitrogens is 1. The predicted octanol–water partition coefficient (Wildman–Crippen LogP) is 1.05. The Morgan fingerprint density at radius 1 is 1.57 bits per heavy atom. The number of nitro benzene ring substituents is 1. The van der Waals surface area contributed by atoms with Gasteiger partial charge in [-0.3, -0.25) is 14.9 Å². The molecule has 0 saturated carbocycles. The Kier molecular flexibility index (Phi) is 3.81. The fourth-order valence-electron chi connectivity index (χ4n) is 2.39. The van der Waals surface area contributed by atoms with Gasteiger partial charge < -0.3 is 20.1 Å². The molecule has 112 valence electrons. The topological polar surface area (TPSA) is 121 Å². The van der Waals surface area contributed by atoms with Gasteiger partial charge in [-0.2, -0.15) is 0 Å². The number of benzene rings is 1. The number of methoxy groups -OCH3 is 1. The van der Waals surface area contributed by atoms with Gasteiger partial charge in [0.1, 0.15) is 11.8 Å². The Labute approximate surface area is 119 Å². The number of carboxylic acids is 1. The molecule has 0 aliphatic heterocycles. The van der Waals surface area contributed by atoms with Crippen LogP contribution in [0.25, 0.3) is 10.9 Å². The van der Waals surface area contributed by atoms with E-state index in [1.54, 1.807) is 17.8 Å². The van der Waals surface area contributed by atoms with Crippen LogP contribution in [-0.4, -0.2) is 33.7 Å². The zero-order valence-corrected chi connectivity index (χ0v) is 11.6. The first-order chi connectivity index (χ1) is 9.86. The number of carboxylic acid groups (broad SMARTS) is 1. The fraction of sp³-hybridized carbons (Fsp3) is 0.308. The van der Waals surface area contributed by atoms with Crippen molar-refractivity contribution in [3.05, 3.63) is 34.0 Å². The van der Waals surface area contributed by atoms with E-state index >= 15 is 0 Å². The van der Waals surface area contributed by atoms with Gasteiger partial charge in [0.2, 0.25) is 0 Å². The molecule has 0 radical (unpaired) electrons. The maximum atomic E-state index is 11.2. The van der Waals surface area contributed by atoms with Gasteiger partial charge >= 0.3 is 5.97 Å². The maximum absolute atomic E-state index is 11.2. The average Bonchev–Trinajstić information content (AvgIpc) is 2.75. The van der Waals surface area contributed by atoms with Gasteiger partial charge in [0.05, 0.1) is 22.9 Å². The van der Waals surface area contributed by atoms with E-state index in [0.717, 1.165) is 0 Å². The lowest BCUT2D eigenvalue weighted by atomic mass is 10.0. The Hall–Kier alpha value is -2.61. The summed E-state index contributed by atoms with van der Waals surface area (Å²) in [5.74, 6) is -0.675. The van der Waals surface area contributed by atoms with E-state index in [-0.39, 0.29) is 12.1 Å². The number of fused-ring (bicyclic) bond motifs is 1. The smallest absolute Gasteiger partial charge is 0.320 e. The lowest BCUT2D eigenvalue weighted by molar-refractivity contribution is -0.383. The zero-order valence-electron chi connectivity index (χ0n) is 11.6. The molecule has 0 fully saturated rings. The average molecular weight is 293 g/mol. The summed E-state index contributed by atoms with van der Waals surface area (Å²) in [5.41, 5.74) is 6.49. The molecule has 0 bridgehead atoms. The number of hydrogen-bond donors (Lipinski definition) is 2. The van der Waals surface area contributed by atoms with Gasteiger partial charge in [-0.05, 0) is 11.6 Å². The second kappa shape index (κ2) is 5.41. The van der Waals surface area contributed by atoms with E-state index in [2.05, 4.69) is 0 Å². The number of carbonyl (C=O) groups is 1. The molecule has 0 saturated heterocycles. The first kappa shape index (κ1) is 14.8. The van der Waals surface area contributed by atoms with Crippen molar-refractivity contribution in [2.45, 2.75) is 12.5 Å². The summed E-state index contributed by atoms with van der Waals surface area (Å²) in [7, 11) is 3.18. The number of non-ortho nitro benzene ring substituents is 1. The van der Waals surface area contributed by atoms with Gasteiger partial charge in [0.15, 0.2) is 0 Å². The number of ether oxygens (including phenoxy) is 1. The van der Waals surface area contributed by atoms with Gasteiger partial charge in [0.25, 0.3) is 5.69 Å². The molecule has 0 amide bonds. The number of aliphatic carboxylic acids is 1. The summed E-state index contributed by atoms with van der Waals surface area (Å²) in [6, 6.07) is 1.74. The van der Waals surface area contributed by atoms with E-state index in [1.165, 1.54) is 19.2 Å². The molecular formula is C13H15N3O5. The number of hydrogen-bond acceptors (Lipinski definition) is 5. The molecular weight excluding hydrogens is 278 g/mol. The highest BCUT2D eigenvalue weighted by atomic mass is 16.6. The quantitative estimate of drug-likeness (QED) is 0.628. The second-order valence-electron chi connectivity index (χ2n) is 4.68. The molecule has 21 heavy (non-hydrogen) atoms. The Bertz CT molecular complexity index is 722. The van der Waals surface area contributed by atoms with E-state index in [1.807, 2.05) is 0 Å². The zero-order chi connectivity index (χ0) is 15.7. The van der Waals surface area contributed by atoms with Crippen molar-refractivity contribution < 1.29 is 19.6 Å². The predicted molar refractivity (Wildman–Crippen MR) is 75.4 cm³/mol. The summed E-state index contributed by atoms with van der Waals surface area (Å²) in [5, 5.41) is 20.5. The number of nitrogens with two attached hydrogens (primary N) is 1. The highest BCUT2D eigenvalue weighted by Gasteiger charge is 2.24. The van der Waals surface area contributed by atoms with Crippen molar-refractivity contribution in [2.75, 3.05) is 7.11 Å². The standard InChI is InChI=1S/C13H15N3O5/c1-15-6-7(5-8(14)13(17)18)11-9(16(19)20)3-4-10(21-2)12(11)15/h3-4,6,8H,5,14H2,1-2H3,(H,17,18). The molecule has 8 nitrogen and oxygen atoms in total. The van der Waals surface area contributed by atoms with Crippen LogP contribution < -0.4 is 10.5 Å². The molecule has 3 N–H and O–H groups in total.